The van der Waals surface area contributed by atoms with Gasteiger partial charge in [0.2, 0.25) is 5.91 Å². The van der Waals surface area contributed by atoms with E-state index >= 15 is 0 Å². The molecule has 3 aromatic rings. The maximum absolute atomic E-state index is 13.0. The number of carbonyl (C=O) groups excluding carboxylic acids is 1. The third kappa shape index (κ3) is 4.84. The van der Waals surface area contributed by atoms with Crippen molar-refractivity contribution in [2.45, 2.75) is 32.1 Å². The number of sulfonamides is 1. The summed E-state index contributed by atoms with van der Waals surface area (Å²) in [6, 6.07) is 14.0. The largest absolute Gasteiger partial charge is 0.302 e. The fourth-order valence-electron chi connectivity index (χ4n) is 2.89. The lowest BCUT2D eigenvalue weighted by Crippen LogP contribution is -2.14. The smallest absolute Gasteiger partial charge is 0.262 e. The number of aryl methyl sites for hydroxylation is 2. The Hall–Kier alpha value is -3.22. The number of carbonyl (C=O) groups is 1. The van der Waals surface area contributed by atoms with E-state index < -0.39 is 10.0 Å². The Bertz CT molecular complexity index is 1240. The van der Waals surface area contributed by atoms with E-state index in [1.807, 2.05) is 13.0 Å². The Kier molecular flexibility index (Phi) is 6.20. The van der Waals surface area contributed by atoms with Crippen LogP contribution in [0.2, 0.25) is 0 Å². The van der Waals surface area contributed by atoms with E-state index in [0.29, 0.717) is 27.6 Å². The summed E-state index contributed by atoms with van der Waals surface area (Å²) >= 11 is 1.29. The van der Waals surface area contributed by atoms with Crippen molar-refractivity contribution in [1.82, 2.24) is 4.98 Å². The van der Waals surface area contributed by atoms with Crippen molar-refractivity contribution in [3.8, 4) is 16.5 Å². The van der Waals surface area contributed by atoms with E-state index in [0.717, 1.165) is 10.4 Å². The monoisotopic (exact) mass is 440 g/mol. The van der Waals surface area contributed by atoms with Crippen LogP contribution >= 0.6 is 11.3 Å². The molecule has 0 saturated carbocycles. The summed E-state index contributed by atoms with van der Waals surface area (Å²) in [6.07, 6.45) is 0.267. The van der Waals surface area contributed by atoms with Crippen LogP contribution in [-0.4, -0.2) is 19.3 Å². The summed E-state index contributed by atoms with van der Waals surface area (Å²) in [6.45, 7) is 4.95. The molecule has 30 heavy (non-hydrogen) atoms. The summed E-state index contributed by atoms with van der Waals surface area (Å²) in [7, 11) is -3.83. The maximum Gasteiger partial charge on any atom is 0.262 e. The molecule has 154 valence electrons. The molecule has 3 rings (SSSR count). The average molecular weight is 441 g/mol. The molecular weight excluding hydrogens is 420 g/mol. The number of hydrogen-bond acceptors (Lipinski definition) is 6. The maximum atomic E-state index is 13.0. The molecule has 1 aromatic heterocycles. The van der Waals surface area contributed by atoms with Crippen LogP contribution < -0.4 is 10.0 Å². The fourth-order valence-corrected chi connectivity index (χ4v) is 5.23. The zero-order valence-electron chi connectivity index (χ0n) is 16.7. The van der Waals surface area contributed by atoms with Crippen molar-refractivity contribution >= 4 is 38.1 Å². The zero-order valence-corrected chi connectivity index (χ0v) is 18.3. The normalized spacial score (nSPS) is 11.0. The Balaban J connectivity index is 1.93. The van der Waals surface area contributed by atoms with Crippen molar-refractivity contribution in [2.75, 3.05) is 10.0 Å². The number of nitrogens with zero attached hydrogens (tertiary/aromatic N) is 2. The van der Waals surface area contributed by atoms with Gasteiger partial charge < -0.3 is 5.32 Å². The summed E-state index contributed by atoms with van der Waals surface area (Å²) < 4.78 is 28.6. The van der Waals surface area contributed by atoms with Crippen molar-refractivity contribution in [2.24, 2.45) is 0 Å². The molecule has 0 aliphatic carbocycles. The molecule has 1 heterocycles. The summed E-state index contributed by atoms with van der Waals surface area (Å²) in [5.41, 5.74) is 3.25. The second-order valence-corrected chi connectivity index (χ2v) is 9.38. The van der Waals surface area contributed by atoms with Crippen LogP contribution in [0.25, 0.3) is 10.4 Å². The molecule has 0 bridgehead atoms. The highest BCUT2D eigenvalue weighted by Gasteiger charge is 2.20. The van der Waals surface area contributed by atoms with Crippen molar-refractivity contribution in [3.63, 3.8) is 0 Å². The Labute approximate surface area is 179 Å². The van der Waals surface area contributed by atoms with Crippen LogP contribution in [0.5, 0.6) is 0 Å². The van der Waals surface area contributed by atoms with E-state index in [9.17, 15) is 13.2 Å². The molecule has 0 spiro atoms. The highest BCUT2D eigenvalue weighted by atomic mass is 32.2. The van der Waals surface area contributed by atoms with Gasteiger partial charge in [0.25, 0.3) is 10.0 Å². The quantitative estimate of drug-likeness (QED) is 0.595. The number of amides is 1. The summed E-state index contributed by atoms with van der Waals surface area (Å²) in [5.74, 6) is -0.215. The number of thiazole rings is 1. The highest BCUT2D eigenvalue weighted by Crippen LogP contribution is 2.35. The van der Waals surface area contributed by atoms with Crippen LogP contribution in [-0.2, 0) is 21.2 Å². The first-order chi connectivity index (χ1) is 14.2. The number of nitrogens with one attached hydrogen (secondary N) is 2. The minimum Gasteiger partial charge on any atom is -0.302 e. The third-order valence-electron chi connectivity index (χ3n) is 4.31. The molecule has 0 radical (unpaired) electrons. The highest BCUT2D eigenvalue weighted by molar-refractivity contribution is 7.92. The van der Waals surface area contributed by atoms with Gasteiger partial charge in [-0.15, -0.1) is 0 Å². The lowest BCUT2D eigenvalue weighted by atomic mass is 10.1. The first-order valence-corrected chi connectivity index (χ1v) is 11.3. The van der Waals surface area contributed by atoms with E-state index in [1.54, 1.807) is 43.3 Å². The number of benzene rings is 2. The van der Waals surface area contributed by atoms with Gasteiger partial charge in [0.1, 0.15) is 0 Å². The molecule has 2 aromatic carbocycles. The van der Waals surface area contributed by atoms with Gasteiger partial charge in [0.15, 0.2) is 5.13 Å². The van der Waals surface area contributed by atoms with Gasteiger partial charge in [0, 0.05) is 12.6 Å². The molecule has 0 aliphatic heterocycles. The van der Waals surface area contributed by atoms with E-state index in [1.165, 1.54) is 18.3 Å². The molecule has 7 nitrogen and oxygen atoms in total. The number of nitriles is 1. The van der Waals surface area contributed by atoms with Gasteiger partial charge in [-0.3, -0.25) is 9.52 Å². The number of hydrogen-bond donors (Lipinski definition) is 2. The summed E-state index contributed by atoms with van der Waals surface area (Å²) in [4.78, 5) is 16.6. The van der Waals surface area contributed by atoms with Crippen molar-refractivity contribution in [1.29, 1.82) is 5.26 Å². The number of anilines is 2. The Morgan fingerprint density at radius 3 is 2.50 bits per heavy atom. The molecule has 1 amide bonds. The summed E-state index contributed by atoms with van der Waals surface area (Å²) in [5, 5.41) is 11.9. The third-order valence-corrected chi connectivity index (χ3v) is 6.95. The van der Waals surface area contributed by atoms with Gasteiger partial charge in [-0.25, -0.2) is 13.4 Å². The van der Waals surface area contributed by atoms with Gasteiger partial charge in [-0.05, 0) is 48.7 Å². The molecule has 0 atom stereocenters. The molecule has 0 saturated heterocycles. The molecule has 9 heteroatoms. The van der Waals surface area contributed by atoms with Gasteiger partial charge in [-0.2, -0.15) is 5.26 Å². The van der Waals surface area contributed by atoms with E-state index in [-0.39, 0.29) is 17.2 Å². The molecule has 0 fully saturated rings. The predicted molar refractivity (Wildman–Crippen MR) is 118 cm³/mol. The van der Waals surface area contributed by atoms with E-state index in [2.05, 4.69) is 21.1 Å². The zero-order chi connectivity index (χ0) is 21.9. The Morgan fingerprint density at radius 2 is 1.87 bits per heavy atom. The van der Waals surface area contributed by atoms with Crippen molar-refractivity contribution < 1.29 is 13.2 Å². The van der Waals surface area contributed by atoms with Crippen LogP contribution in [0, 0.1) is 25.2 Å². The fraction of sp³-hybridized carbons (Fsp3) is 0.190. The molecule has 0 aliphatic rings. The number of rotatable bonds is 6. The first-order valence-electron chi connectivity index (χ1n) is 9.04. The predicted octanol–water partition coefficient (Wildman–Crippen LogP) is 4.25. The minimum atomic E-state index is -3.83. The SMILES string of the molecule is CC(=O)Nc1nc(C)c(-c2ccc(C)c(S(=O)(=O)Nc3ccc(CC#N)cc3)c2)s1. The minimum absolute atomic E-state index is 0.162. The van der Waals surface area contributed by atoms with Crippen LogP contribution in [0.3, 0.4) is 0 Å². The van der Waals surface area contributed by atoms with Gasteiger partial charge in [0.05, 0.1) is 28.0 Å². The standard InChI is InChI=1S/C21H20N4O3S2/c1-13-4-7-17(20-14(2)23-21(29-20)24-15(3)26)12-19(13)30(27,28)25-18-8-5-16(6-9-18)10-11-22/h4-9,12,25H,10H2,1-3H3,(H,23,24,26). The average Bonchev–Trinajstić information content (AvgIpc) is 3.03. The van der Waals surface area contributed by atoms with Crippen molar-refractivity contribution in [3.05, 3.63) is 59.3 Å². The first kappa shape index (κ1) is 21.5. The second-order valence-electron chi connectivity index (χ2n) is 6.73. The van der Waals surface area contributed by atoms with Crippen LogP contribution in [0.4, 0.5) is 10.8 Å². The molecule has 0 unspecified atom stereocenters. The topological polar surface area (TPSA) is 112 Å². The van der Waals surface area contributed by atoms with E-state index in [4.69, 9.17) is 5.26 Å². The lowest BCUT2D eigenvalue weighted by molar-refractivity contribution is -0.114. The number of aromatic nitrogens is 1. The van der Waals surface area contributed by atoms with Gasteiger partial charge in [-0.1, -0.05) is 35.6 Å². The Morgan fingerprint density at radius 1 is 1.17 bits per heavy atom. The lowest BCUT2D eigenvalue weighted by Gasteiger charge is -2.12. The van der Waals surface area contributed by atoms with Crippen LogP contribution in [0.15, 0.2) is 47.4 Å². The second kappa shape index (κ2) is 8.65. The molecule has 2 N–H and O–H groups in total. The van der Waals surface area contributed by atoms with Crippen LogP contribution in [0.1, 0.15) is 23.7 Å². The molecular formula is C21H20N4O3S2. The van der Waals surface area contributed by atoms with Gasteiger partial charge >= 0.3 is 0 Å².